The maximum atomic E-state index is 5.95. The van der Waals surface area contributed by atoms with Crippen molar-refractivity contribution >= 4 is 39.1 Å². The molecule has 2 N–H and O–H groups in total. The summed E-state index contributed by atoms with van der Waals surface area (Å²) < 4.78 is 1.12. The third kappa shape index (κ3) is 3.36. The first kappa shape index (κ1) is 14.1. The van der Waals surface area contributed by atoms with Crippen molar-refractivity contribution in [2.24, 2.45) is 10.7 Å². The number of rotatable bonds is 4. The van der Waals surface area contributed by atoms with Gasteiger partial charge in [-0.15, -0.1) is 11.3 Å². The number of hydrogen-bond acceptors (Lipinski definition) is 3. The van der Waals surface area contributed by atoms with Gasteiger partial charge in [-0.3, -0.25) is 0 Å². The Balaban J connectivity index is 2.15. The standard InChI is InChI=1S/C13H17ClN4S/c1-3-18(4-2)13(15)16-8-12-17-10-7-9(14)5-6-11(10)19-12/h5-7H,3-4,8H2,1-2H3,(H2,15,16). The molecule has 102 valence electrons. The van der Waals surface area contributed by atoms with Gasteiger partial charge in [0.05, 0.1) is 16.8 Å². The van der Waals surface area contributed by atoms with E-state index >= 15 is 0 Å². The molecule has 2 aromatic rings. The van der Waals surface area contributed by atoms with Crippen LogP contribution in [0.4, 0.5) is 0 Å². The van der Waals surface area contributed by atoms with Crippen molar-refractivity contribution in [2.45, 2.75) is 20.4 Å². The summed E-state index contributed by atoms with van der Waals surface area (Å²) in [6.07, 6.45) is 0. The lowest BCUT2D eigenvalue weighted by Crippen LogP contribution is -2.37. The van der Waals surface area contributed by atoms with E-state index in [1.807, 2.05) is 23.1 Å². The fourth-order valence-corrected chi connectivity index (χ4v) is 2.85. The zero-order valence-corrected chi connectivity index (χ0v) is 12.6. The van der Waals surface area contributed by atoms with Gasteiger partial charge in [-0.05, 0) is 32.0 Å². The van der Waals surface area contributed by atoms with Crippen LogP contribution in [0, 0.1) is 0 Å². The Morgan fingerprint density at radius 3 is 2.84 bits per heavy atom. The zero-order valence-electron chi connectivity index (χ0n) is 11.1. The van der Waals surface area contributed by atoms with Gasteiger partial charge in [-0.25, -0.2) is 9.98 Å². The molecule has 19 heavy (non-hydrogen) atoms. The Morgan fingerprint density at radius 2 is 2.16 bits per heavy atom. The molecule has 1 heterocycles. The Morgan fingerprint density at radius 1 is 1.42 bits per heavy atom. The van der Waals surface area contributed by atoms with Crippen LogP contribution < -0.4 is 5.73 Å². The molecule has 0 aliphatic rings. The second kappa shape index (κ2) is 6.21. The van der Waals surface area contributed by atoms with Gasteiger partial charge in [0.2, 0.25) is 0 Å². The minimum Gasteiger partial charge on any atom is -0.370 e. The highest BCUT2D eigenvalue weighted by molar-refractivity contribution is 7.18. The van der Waals surface area contributed by atoms with Crippen LogP contribution in [-0.4, -0.2) is 28.9 Å². The van der Waals surface area contributed by atoms with Crippen molar-refractivity contribution in [3.63, 3.8) is 0 Å². The predicted octanol–water partition coefficient (Wildman–Crippen LogP) is 3.11. The maximum Gasteiger partial charge on any atom is 0.191 e. The fraction of sp³-hybridized carbons (Fsp3) is 0.385. The van der Waals surface area contributed by atoms with E-state index in [1.165, 1.54) is 0 Å². The Hall–Kier alpha value is -1.33. The first-order valence-electron chi connectivity index (χ1n) is 6.23. The molecule has 0 aliphatic heterocycles. The first-order valence-corrected chi connectivity index (χ1v) is 7.43. The second-order valence-electron chi connectivity index (χ2n) is 4.07. The molecule has 0 aliphatic carbocycles. The summed E-state index contributed by atoms with van der Waals surface area (Å²) in [5.74, 6) is 0.572. The van der Waals surface area contributed by atoms with Crippen molar-refractivity contribution in [2.75, 3.05) is 13.1 Å². The quantitative estimate of drug-likeness (QED) is 0.697. The number of aliphatic imine (C=N–C) groups is 1. The molecular weight excluding hydrogens is 280 g/mol. The van der Waals surface area contributed by atoms with Crippen LogP contribution in [0.15, 0.2) is 23.2 Å². The van der Waals surface area contributed by atoms with Gasteiger partial charge < -0.3 is 10.6 Å². The van der Waals surface area contributed by atoms with Crippen LogP contribution in [0.25, 0.3) is 10.2 Å². The number of thiazole rings is 1. The number of hydrogen-bond donors (Lipinski definition) is 1. The largest absolute Gasteiger partial charge is 0.370 e. The van der Waals surface area contributed by atoms with E-state index in [2.05, 4.69) is 23.8 Å². The molecule has 1 aromatic carbocycles. The molecule has 0 saturated carbocycles. The molecule has 0 atom stereocenters. The lowest BCUT2D eigenvalue weighted by atomic mass is 10.3. The van der Waals surface area contributed by atoms with Crippen LogP contribution in [-0.2, 0) is 6.54 Å². The van der Waals surface area contributed by atoms with E-state index in [1.54, 1.807) is 11.3 Å². The molecule has 1 aromatic heterocycles. The monoisotopic (exact) mass is 296 g/mol. The minimum absolute atomic E-state index is 0.513. The molecule has 0 unspecified atom stereocenters. The normalized spacial score (nSPS) is 12.1. The van der Waals surface area contributed by atoms with E-state index in [4.69, 9.17) is 17.3 Å². The van der Waals surface area contributed by atoms with E-state index in [9.17, 15) is 0 Å². The molecule has 4 nitrogen and oxygen atoms in total. The lowest BCUT2D eigenvalue weighted by molar-refractivity contribution is 0.458. The third-order valence-electron chi connectivity index (χ3n) is 2.86. The highest BCUT2D eigenvalue weighted by Crippen LogP contribution is 2.25. The molecule has 6 heteroatoms. The molecular formula is C13H17ClN4S. The number of aromatic nitrogens is 1. The van der Waals surface area contributed by atoms with E-state index in [0.29, 0.717) is 17.5 Å². The van der Waals surface area contributed by atoms with Crippen molar-refractivity contribution in [1.29, 1.82) is 0 Å². The van der Waals surface area contributed by atoms with Gasteiger partial charge in [0.25, 0.3) is 0 Å². The zero-order chi connectivity index (χ0) is 13.8. The smallest absolute Gasteiger partial charge is 0.191 e. The van der Waals surface area contributed by atoms with Crippen molar-refractivity contribution in [3.8, 4) is 0 Å². The first-order chi connectivity index (χ1) is 9.13. The molecule has 0 amide bonds. The third-order valence-corrected chi connectivity index (χ3v) is 4.11. The molecule has 0 radical (unpaired) electrons. The Labute approximate surface area is 121 Å². The van der Waals surface area contributed by atoms with Gasteiger partial charge in [-0.1, -0.05) is 11.6 Å². The summed E-state index contributed by atoms with van der Waals surface area (Å²) in [5, 5.41) is 1.66. The molecule has 0 fully saturated rings. The SMILES string of the molecule is CCN(CC)C(N)=NCc1nc2cc(Cl)ccc2s1. The average molecular weight is 297 g/mol. The van der Waals surface area contributed by atoms with Crippen LogP contribution in [0.5, 0.6) is 0 Å². The summed E-state index contributed by atoms with van der Waals surface area (Å²) >= 11 is 7.57. The highest BCUT2D eigenvalue weighted by Gasteiger charge is 2.06. The van der Waals surface area contributed by atoms with Crippen LogP contribution >= 0.6 is 22.9 Å². The number of halogens is 1. The van der Waals surface area contributed by atoms with E-state index in [-0.39, 0.29) is 0 Å². The second-order valence-corrected chi connectivity index (χ2v) is 5.62. The number of benzene rings is 1. The number of guanidine groups is 1. The maximum absolute atomic E-state index is 5.95. The summed E-state index contributed by atoms with van der Waals surface area (Å²) in [5.41, 5.74) is 6.86. The van der Waals surface area contributed by atoms with Crippen LogP contribution in [0.1, 0.15) is 18.9 Å². The van der Waals surface area contributed by atoms with Gasteiger partial charge in [-0.2, -0.15) is 0 Å². The lowest BCUT2D eigenvalue weighted by Gasteiger charge is -2.18. The van der Waals surface area contributed by atoms with E-state index < -0.39 is 0 Å². The summed E-state index contributed by atoms with van der Waals surface area (Å²) in [7, 11) is 0. The van der Waals surface area contributed by atoms with E-state index in [0.717, 1.165) is 28.3 Å². The molecule has 2 rings (SSSR count). The van der Waals surface area contributed by atoms with Gasteiger partial charge in [0.15, 0.2) is 5.96 Å². The van der Waals surface area contributed by atoms with Gasteiger partial charge >= 0.3 is 0 Å². The minimum atomic E-state index is 0.513. The van der Waals surface area contributed by atoms with Crippen LogP contribution in [0.3, 0.4) is 0 Å². The average Bonchev–Trinajstić information content (AvgIpc) is 2.79. The predicted molar refractivity (Wildman–Crippen MR) is 82.9 cm³/mol. The number of fused-ring (bicyclic) bond motifs is 1. The topological polar surface area (TPSA) is 54.5 Å². The summed E-state index contributed by atoms with van der Waals surface area (Å²) in [4.78, 5) is 10.9. The summed E-state index contributed by atoms with van der Waals surface area (Å²) in [6.45, 7) is 6.36. The van der Waals surface area contributed by atoms with Crippen molar-refractivity contribution in [3.05, 3.63) is 28.2 Å². The highest BCUT2D eigenvalue weighted by atomic mass is 35.5. The summed E-state index contributed by atoms with van der Waals surface area (Å²) in [6, 6.07) is 5.73. The Kier molecular flexibility index (Phi) is 4.61. The van der Waals surface area contributed by atoms with Gasteiger partial charge in [0, 0.05) is 18.1 Å². The molecule has 0 spiro atoms. The molecule has 0 saturated heterocycles. The fourth-order valence-electron chi connectivity index (χ4n) is 1.81. The number of nitrogens with zero attached hydrogens (tertiary/aromatic N) is 3. The molecule has 0 bridgehead atoms. The van der Waals surface area contributed by atoms with Crippen molar-refractivity contribution < 1.29 is 0 Å². The van der Waals surface area contributed by atoms with Crippen molar-refractivity contribution in [1.82, 2.24) is 9.88 Å². The number of nitrogens with two attached hydrogens (primary N) is 1. The van der Waals surface area contributed by atoms with Crippen LogP contribution in [0.2, 0.25) is 5.02 Å². The van der Waals surface area contributed by atoms with Gasteiger partial charge in [0.1, 0.15) is 5.01 Å². The Bertz CT molecular complexity index is 589.